The maximum Gasteiger partial charge on any atom is 0.228 e. The number of ether oxygens (including phenoxy) is 1. The largest absolute Gasteiger partial charge is 0.493 e. The van der Waals surface area contributed by atoms with Crippen LogP contribution in [0, 0.1) is 5.92 Å². The summed E-state index contributed by atoms with van der Waals surface area (Å²) in [6, 6.07) is 14.1. The molecule has 25 heavy (non-hydrogen) atoms. The summed E-state index contributed by atoms with van der Waals surface area (Å²) in [4.78, 5) is 12.2. The van der Waals surface area contributed by atoms with Crippen LogP contribution in [0.4, 0.5) is 5.82 Å². The molecule has 2 aromatic carbocycles. The highest BCUT2D eigenvalue weighted by atomic mass is 16.5. The molecule has 0 radical (unpaired) electrons. The molecule has 1 fully saturated rings. The first-order valence-electron chi connectivity index (χ1n) is 8.77. The van der Waals surface area contributed by atoms with Crippen LogP contribution in [0.3, 0.4) is 0 Å². The average Bonchev–Trinajstić information content (AvgIpc) is 2.96. The lowest BCUT2D eigenvalue weighted by molar-refractivity contribution is -0.122. The highest BCUT2D eigenvalue weighted by molar-refractivity contribution is 6.01. The molecule has 0 bridgehead atoms. The number of aromatic nitrogens is 2. The Morgan fingerprint density at radius 3 is 2.88 bits per heavy atom. The van der Waals surface area contributed by atoms with Gasteiger partial charge in [0.2, 0.25) is 5.91 Å². The molecule has 1 amide bonds. The molecule has 4 rings (SSSR count). The van der Waals surface area contributed by atoms with Gasteiger partial charge < -0.3 is 10.1 Å². The molecule has 128 valence electrons. The number of para-hydroxylation sites is 1. The minimum Gasteiger partial charge on any atom is -0.493 e. The molecule has 1 aliphatic carbocycles. The second kappa shape index (κ2) is 6.59. The van der Waals surface area contributed by atoms with Crippen LogP contribution in [-0.2, 0) is 4.79 Å². The van der Waals surface area contributed by atoms with E-state index < -0.39 is 0 Å². The van der Waals surface area contributed by atoms with Crippen molar-refractivity contribution < 1.29 is 9.53 Å². The quantitative estimate of drug-likeness (QED) is 0.727. The number of carbonyl (C=O) groups is 1. The number of aromatic amines is 1. The third-order valence-corrected chi connectivity index (χ3v) is 4.78. The summed E-state index contributed by atoms with van der Waals surface area (Å²) in [5.74, 6) is 1.69. The van der Waals surface area contributed by atoms with E-state index in [9.17, 15) is 4.79 Å². The summed E-state index contributed by atoms with van der Waals surface area (Å²) in [5.41, 5.74) is 2.99. The number of benzene rings is 2. The van der Waals surface area contributed by atoms with Crippen molar-refractivity contribution >= 4 is 22.6 Å². The normalized spacial score (nSPS) is 14.3. The first-order valence-corrected chi connectivity index (χ1v) is 8.77. The summed E-state index contributed by atoms with van der Waals surface area (Å²) in [5, 5.41) is 11.2. The van der Waals surface area contributed by atoms with Gasteiger partial charge in [0.1, 0.15) is 5.75 Å². The third kappa shape index (κ3) is 2.97. The van der Waals surface area contributed by atoms with Gasteiger partial charge in [0.25, 0.3) is 0 Å². The lowest BCUT2D eigenvalue weighted by Crippen LogP contribution is -2.28. The number of nitrogens with zero attached hydrogens (tertiary/aromatic N) is 1. The standard InChI is InChI=1S/C20H21N3O2/c1-2-25-18-9-4-3-8-15(18)14-10-11-16-17(12-14)22-23-19(16)21-20(24)13-6-5-7-13/h3-4,8-13H,2,5-7H2,1H3,(H2,21,22,23,24). The second-order valence-corrected chi connectivity index (χ2v) is 6.38. The number of amides is 1. The average molecular weight is 335 g/mol. The van der Waals surface area contributed by atoms with E-state index in [0.717, 1.165) is 47.0 Å². The van der Waals surface area contributed by atoms with Crippen LogP contribution < -0.4 is 10.1 Å². The van der Waals surface area contributed by atoms with Gasteiger partial charge in [-0.3, -0.25) is 9.89 Å². The minimum atomic E-state index is 0.0745. The Bertz CT molecular complexity index is 912. The zero-order chi connectivity index (χ0) is 17.2. The number of rotatable bonds is 5. The molecule has 1 heterocycles. The van der Waals surface area contributed by atoms with Crippen LogP contribution in [0.15, 0.2) is 42.5 Å². The molecule has 0 atom stereocenters. The van der Waals surface area contributed by atoms with Crippen molar-refractivity contribution in [3.63, 3.8) is 0 Å². The van der Waals surface area contributed by atoms with Gasteiger partial charge in [0, 0.05) is 16.9 Å². The first-order chi connectivity index (χ1) is 12.3. The van der Waals surface area contributed by atoms with Crippen LogP contribution >= 0.6 is 0 Å². The maximum atomic E-state index is 12.2. The van der Waals surface area contributed by atoms with E-state index >= 15 is 0 Å². The van der Waals surface area contributed by atoms with E-state index in [1.165, 1.54) is 0 Å². The Morgan fingerprint density at radius 1 is 1.28 bits per heavy atom. The number of carbonyl (C=O) groups excluding carboxylic acids is 1. The fourth-order valence-electron chi connectivity index (χ4n) is 3.16. The predicted octanol–water partition coefficient (Wildman–Crippen LogP) is 4.37. The van der Waals surface area contributed by atoms with E-state index in [0.29, 0.717) is 12.4 Å². The summed E-state index contributed by atoms with van der Waals surface area (Å²) < 4.78 is 5.72. The molecule has 5 nitrogen and oxygen atoms in total. The molecule has 0 aliphatic heterocycles. The van der Waals surface area contributed by atoms with Gasteiger partial charge >= 0.3 is 0 Å². The van der Waals surface area contributed by atoms with Crippen molar-refractivity contribution in [1.29, 1.82) is 0 Å². The molecular weight excluding hydrogens is 314 g/mol. The highest BCUT2D eigenvalue weighted by Crippen LogP contribution is 2.33. The highest BCUT2D eigenvalue weighted by Gasteiger charge is 2.26. The zero-order valence-corrected chi connectivity index (χ0v) is 14.2. The van der Waals surface area contributed by atoms with Crippen molar-refractivity contribution in [3.05, 3.63) is 42.5 Å². The lowest BCUT2D eigenvalue weighted by atomic mass is 9.85. The third-order valence-electron chi connectivity index (χ3n) is 4.78. The molecular formula is C20H21N3O2. The molecule has 2 N–H and O–H groups in total. The monoisotopic (exact) mass is 335 g/mol. The molecule has 1 saturated carbocycles. The Balaban J connectivity index is 1.64. The summed E-state index contributed by atoms with van der Waals surface area (Å²) in [6.45, 7) is 2.60. The van der Waals surface area contributed by atoms with Crippen molar-refractivity contribution in [1.82, 2.24) is 10.2 Å². The van der Waals surface area contributed by atoms with Gasteiger partial charge in [-0.25, -0.2) is 0 Å². The van der Waals surface area contributed by atoms with E-state index in [1.807, 2.05) is 49.4 Å². The fourth-order valence-corrected chi connectivity index (χ4v) is 3.16. The molecule has 1 aromatic heterocycles. The molecule has 0 saturated heterocycles. The number of nitrogens with one attached hydrogen (secondary N) is 2. The Hall–Kier alpha value is -2.82. The SMILES string of the molecule is CCOc1ccccc1-c1ccc2c(NC(=O)C3CCC3)n[nH]c2c1. The van der Waals surface area contributed by atoms with E-state index in [1.54, 1.807) is 0 Å². The topological polar surface area (TPSA) is 67.0 Å². The van der Waals surface area contributed by atoms with Gasteiger partial charge in [0.05, 0.1) is 12.1 Å². The van der Waals surface area contributed by atoms with Crippen LogP contribution in [-0.4, -0.2) is 22.7 Å². The summed E-state index contributed by atoms with van der Waals surface area (Å²) in [6.07, 6.45) is 3.10. The smallest absolute Gasteiger partial charge is 0.228 e. The van der Waals surface area contributed by atoms with E-state index in [4.69, 9.17) is 4.74 Å². The van der Waals surface area contributed by atoms with Gasteiger partial charge in [0.15, 0.2) is 5.82 Å². The Morgan fingerprint density at radius 2 is 2.12 bits per heavy atom. The van der Waals surface area contributed by atoms with Crippen molar-refractivity contribution in [3.8, 4) is 16.9 Å². The molecule has 3 aromatic rings. The summed E-state index contributed by atoms with van der Waals surface area (Å²) >= 11 is 0. The number of anilines is 1. The van der Waals surface area contributed by atoms with Crippen LogP contribution in [0.1, 0.15) is 26.2 Å². The number of H-pyrrole nitrogens is 1. The van der Waals surface area contributed by atoms with E-state index in [-0.39, 0.29) is 11.8 Å². The van der Waals surface area contributed by atoms with Crippen LogP contribution in [0.5, 0.6) is 5.75 Å². The lowest BCUT2D eigenvalue weighted by Gasteiger charge is -2.23. The Labute approximate surface area is 146 Å². The van der Waals surface area contributed by atoms with E-state index in [2.05, 4.69) is 15.5 Å². The van der Waals surface area contributed by atoms with Crippen LogP contribution in [0.25, 0.3) is 22.0 Å². The zero-order valence-electron chi connectivity index (χ0n) is 14.2. The first kappa shape index (κ1) is 15.7. The molecule has 1 aliphatic rings. The molecule has 0 spiro atoms. The molecule has 0 unspecified atom stereocenters. The Kier molecular flexibility index (Phi) is 4.14. The van der Waals surface area contributed by atoms with Gasteiger partial charge in [-0.05, 0) is 43.5 Å². The minimum absolute atomic E-state index is 0.0745. The summed E-state index contributed by atoms with van der Waals surface area (Å²) in [7, 11) is 0. The van der Waals surface area contributed by atoms with Crippen LogP contribution in [0.2, 0.25) is 0 Å². The van der Waals surface area contributed by atoms with Gasteiger partial charge in [-0.1, -0.05) is 30.7 Å². The number of hydrogen-bond donors (Lipinski definition) is 2. The van der Waals surface area contributed by atoms with Crippen molar-refractivity contribution in [2.24, 2.45) is 5.92 Å². The fraction of sp³-hybridized carbons (Fsp3) is 0.300. The predicted molar refractivity (Wildman–Crippen MR) is 98.7 cm³/mol. The van der Waals surface area contributed by atoms with Crippen molar-refractivity contribution in [2.45, 2.75) is 26.2 Å². The van der Waals surface area contributed by atoms with Gasteiger partial charge in [-0.2, -0.15) is 5.10 Å². The van der Waals surface area contributed by atoms with Crippen molar-refractivity contribution in [2.75, 3.05) is 11.9 Å². The second-order valence-electron chi connectivity index (χ2n) is 6.38. The maximum absolute atomic E-state index is 12.2. The van der Waals surface area contributed by atoms with Gasteiger partial charge in [-0.15, -0.1) is 0 Å². The molecule has 5 heteroatoms. The number of hydrogen-bond acceptors (Lipinski definition) is 3. The number of fused-ring (bicyclic) bond motifs is 1.